The Bertz CT molecular complexity index is 693. The second-order valence-corrected chi connectivity index (χ2v) is 6.50. The van der Waals surface area contributed by atoms with E-state index in [0.29, 0.717) is 19.0 Å². The van der Waals surface area contributed by atoms with E-state index in [1.165, 1.54) is 16.8 Å². The van der Waals surface area contributed by atoms with Crippen LogP contribution < -0.4 is 5.32 Å². The molecule has 9 heteroatoms. The van der Waals surface area contributed by atoms with E-state index in [-0.39, 0.29) is 11.1 Å². The van der Waals surface area contributed by atoms with Crippen LogP contribution in [0.3, 0.4) is 0 Å². The normalized spacial score (nSPS) is 16.9. The van der Waals surface area contributed by atoms with Crippen molar-refractivity contribution < 1.29 is 8.42 Å². The smallest absolute Gasteiger partial charge is 0.262 e. The first-order valence-electron chi connectivity index (χ1n) is 6.07. The maximum atomic E-state index is 12.2. The summed E-state index contributed by atoms with van der Waals surface area (Å²) in [5, 5.41) is 3.16. The van der Waals surface area contributed by atoms with E-state index in [1.807, 2.05) is 0 Å². The molecule has 0 aromatic carbocycles. The fourth-order valence-electron chi connectivity index (χ4n) is 1.94. The lowest BCUT2D eigenvalue weighted by Gasteiger charge is -2.37. The Hall–Kier alpha value is -2.00. The minimum Gasteiger partial charge on any atom is -0.349 e. The molecule has 1 aliphatic rings. The quantitative estimate of drug-likeness (QED) is 0.832. The zero-order valence-corrected chi connectivity index (χ0v) is 11.7. The minimum atomic E-state index is -3.49. The van der Waals surface area contributed by atoms with Crippen LogP contribution in [-0.4, -0.2) is 51.4 Å². The van der Waals surface area contributed by atoms with Gasteiger partial charge in [0.05, 0.1) is 12.4 Å². The maximum absolute atomic E-state index is 12.2. The molecule has 1 fully saturated rings. The van der Waals surface area contributed by atoms with Gasteiger partial charge in [0.15, 0.2) is 5.03 Å². The van der Waals surface area contributed by atoms with Crippen LogP contribution in [0, 0.1) is 0 Å². The van der Waals surface area contributed by atoms with Crippen molar-refractivity contribution in [2.45, 2.75) is 11.1 Å². The average molecular weight is 294 g/mol. The highest BCUT2D eigenvalue weighted by molar-refractivity contribution is 7.89. The van der Waals surface area contributed by atoms with Crippen LogP contribution in [0.15, 0.2) is 36.0 Å². The predicted octanol–water partition coefficient (Wildman–Crippen LogP) is -0.305. The van der Waals surface area contributed by atoms with Crippen molar-refractivity contribution in [2.75, 3.05) is 18.4 Å². The molecule has 2 aromatic heterocycles. The lowest BCUT2D eigenvalue weighted by Crippen LogP contribution is -2.57. The molecule has 1 aliphatic heterocycles. The van der Waals surface area contributed by atoms with Gasteiger partial charge in [0.1, 0.15) is 0 Å². The summed E-state index contributed by atoms with van der Waals surface area (Å²) >= 11 is 0. The van der Waals surface area contributed by atoms with Crippen LogP contribution in [0.25, 0.3) is 0 Å². The van der Waals surface area contributed by atoms with Crippen molar-refractivity contribution >= 4 is 16.0 Å². The molecule has 2 aromatic rings. The van der Waals surface area contributed by atoms with Gasteiger partial charge >= 0.3 is 0 Å². The largest absolute Gasteiger partial charge is 0.349 e. The molecule has 20 heavy (non-hydrogen) atoms. The van der Waals surface area contributed by atoms with E-state index in [1.54, 1.807) is 30.1 Å². The van der Waals surface area contributed by atoms with E-state index < -0.39 is 10.0 Å². The first-order valence-corrected chi connectivity index (χ1v) is 7.51. The van der Waals surface area contributed by atoms with E-state index in [4.69, 9.17) is 0 Å². The van der Waals surface area contributed by atoms with Crippen molar-refractivity contribution in [2.24, 2.45) is 7.05 Å². The topological polar surface area (TPSA) is 93.0 Å². The molecule has 0 amide bonds. The molecule has 0 saturated carbocycles. The second-order valence-electron chi connectivity index (χ2n) is 4.61. The molecule has 1 saturated heterocycles. The molecule has 0 aliphatic carbocycles. The van der Waals surface area contributed by atoms with Gasteiger partial charge in [-0.05, 0) is 6.07 Å². The van der Waals surface area contributed by atoms with Crippen molar-refractivity contribution in [1.82, 2.24) is 23.8 Å². The van der Waals surface area contributed by atoms with Crippen LogP contribution >= 0.6 is 0 Å². The Kier molecular flexibility index (Phi) is 3.14. The lowest BCUT2D eigenvalue weighted by atomic mass is 10.2. The summed E-state index contributed by atoms with van der Waals surface area (Å²) in [6.45, 7) is 0.772. The van der Waals surface area contributed by atoms with E-state index in [2.05, 4.69) is 20.3 Å². The second kappa shape index (κ2) is 4.84. The Labute approximate surface area is 116 Å². The third-order valence-corrected chi connectivity index (χ3v) is 4.75. The number of hydrogen-bond donors (Lipinski definition) is 1. The summed E-state index contributed by atoms with van der Waals surface area (Å²) in [5.41, 5.74) is 0. The Balaban J connectivity index is 1.63. The van der Waals surface area contributed by atoms with Gasteiger partial charge in [0.2, 0.25) is 5.95 Å². The highest BCUT2D eigenvalue weighted by Crippen LogP contribution is 2.21. The third kappa shape index (κ3) is 2.37. The Morgan fingerprint density at radius 3 is 2.55 bits per heavy atom. The number of aromatic nitrogens is 4. The molecule has 1 N–H and O–H groups in total. The number of anilines is 1. The monoisotopic (exact) mass is 294 g/mol. The first kappa shape index (κ1) is 13.0. The number of hydrogen-bond acceptors (Lipinski definition) is 6. The van der Waals surface area contributed by atoms with Crippen molar-refractivity contribution in [3.05, 3.63) is 31.0 Å². The lowest BCUT2D eigenvalue weighted by molar-refractivity contribution is 0.279. The SMILES string of the molecule is Cn1cnc(S(=O)(=O)N2CC(Nc3ncccn3)C2)c1. The first-order chi connectivity index (χ1) is 9.55. The summed E-state index contributed by atoms with van der Waals surface area (Å²) in [6, 6.07) is 1.75. The number of imidazole rings is 1. The zero-order chi connectivity index (χ0) is 14.2. The van der Waals surface area contributed by atoms with Gasteiger partial charge < -0.3 is 9.88 Å². The van der Waals surface area contributed by atoms with Crippen LogP contribution in [-0.2, 0) is 17.1 Å². The Morgan fingerprint density at radius 2 is 1.95 bits per heavy atom. The summed E-state index contributed by atoms with van der Waals surface area (Å²) in [6.07, 6.45) is 6.24. The molecule has 3 rings (SSSR count). The standard InChI is InChI=1S/C11H14N6O2S/c1-16-7-10(14-8-16)20(18,19)17-5-9(6-17)15-11-12-3-2-4-13-11/h2-4,7-9H,5-6H2,1H3,(H,12,13,15). The summed E-state index contributed by atoms with van der Waals surface area (Å²) in [4.78, 5) is 12.0. The van der Waals surface area contributed by atoms with Gasteiger partial charge in [-0.2, -0.15) is 4.31 Å². The molecule has 8 nitrogen and oxygen atoms in total. The minimum absolute atomic E-state index is 0.0240. The summed E-state index contributed by atoms with van der Waals surface area (Å²) < 4.78 is 27.4. The van der Waals surface area contributed by atoms with Gasteiger partial charge in [-0.15, -0.1) is 0 Å². The van der Waals surface area contributed by atoms with Gasteiger partial charge in [-0.25, -0.2) is 23.4 Å². The maximum Gasteiger partial charge on any atom is 0.262 e. The molecule has 3 heterocycles. The fourth-order valence-corrected chi connectivity index (χ4v) is 3.43. The molecule has 0 radical (unpaired) electrons. The Morgan fingerprint density at radius 1 is 1.25 bits per heavy atom. The van der Waals surface area contributed by atoms with Crippen molar-refractivity contribution in [3.63, 3.8) is 0 Å². The average Bonchev–Trinajstić information content (AvgIpc) is 2.82. The van der Waals surface area contributed by atoms with Gasteiger partial charge in [0, 0.05) is 38.7 Å². The van der Waals surface area contributed by atoms with E-state index >= 15 is 0 Å². The number of aryl methyl sites for hydroxylation is 1. The highest BCUT2D eigenvalue weighted by Gasteiger charge is 2.38. The van der Waals surface area contributed by atoms with E-state index in [9.17, 15) is 8.42 Å². The predicted molar refractivity (Wildman–Crippen MR) is 71.4 cm³/mol. The molecule has 0 spiro atoms. The molecule has 0 atom stereocenters. The van der Waals surface area contributed by atoms with Crippen LogP contribution in [0.5, 0.6) is 0 Å². The number of nitrogens with zero attached hydrogens (tertiary/aromatic N) is 5. The molecular formula is C11H14N6O2S. The number of rotatable bonds is 4. The van der Waals surface area contributed by atoms with E-state index in [0.717, 1.165) is 0 Å². The highest BCUT2D eigenvalue weighted by atomic mass is 32.2. The van der Waals surface area contributed by atoms with Gasteiger partial charge in [0.25, 0.3) is 10.0 Å². The molecule has 0 unspecified atom stereocenters. The van der Waals surface area contributed by atoms with Crippen molar-refractivity contribution in [1.29, 1.82) is 0 Å². The summed E-state index contributed by atoms with van der Waals surface area (Å²) in [5.74, 6) is 0.507. The third-order valence-electron chi connectivity index (χ3n) is 3.03. The summed E-state index contributed by atoms with van der Waals surface area (Å²) in [7, 11) is -1.75. The molecular weight excluding hydrogens is 280 g/mol. The van der Waals surface area contributed by atoms with Crippen LogP contribution in [0.1, 0.15) is 0 Å². The number of sulfonamides is 1. The zero-order valence-electron chi connectivity index (χ0n) is 10.8. The molecule has 0 bridgehead atoms. The van der Waals surface area contributed by atoms with Gasteiger partial charge in [-0.3, -0.25) is 0 Å². The van der Waals surface area contributed by atoms with Gasteiger partial charge in [-0.1, -0.05) is 0 Å². The van der Waals surface area contributed by atoms with Crippen molar-refractivity contribution in [3.8, 4) is 0 Å². The fraction of sp³-hybridized carbons (Fsp3) is 0.364. The molecule has 106 valence electrons. The van der Waals surface area contributed by atoms with Crippen LogP contribution in [0.4, 0.5) is 5.95 Å². The van der Waals surface area contributed by atoms with Crippen LogP contribution in [0.2, 0.25) is 0 Å². The number of nitrogens with one attached hydrogen (secondary N) is 1.